The lowest BCUT2D eigenvalue weighted by Gasteiger charge is -2.29. The minimum absolute atomic E-state index is 0.295. The van der Waals surface area contributed by atoms with Gasteiger partial charge in [0.1, 0.15) is 12.7 Å². The number of hydrogen-bond donors (Lipinski definition) is 1. The minimum atomic E-state index is -0.821. The van der Waals surface area contributed by atoms with Gasteiger partial charge in [-0.3, -0.25) is 0 Å². The first-order chi connectivity index (χ1) is 8.75. The number of nitrogens with zero attached hydrogens (tertiary/aromatic N) is 3. The molecule has 2 heterocycles. The maximum absolute atomic E-state index is 10.2. The Hall–Kier alpha value is -2.08. The van der Waals surface area contributed by atoms with Gasteiger partial charge in [-0.05, 0) is 12.1 Å². The predicted molar refractivity (Wildman–Crippen MR) is 62.3 cm³/mol. The monoisotopic (exact) mass is 247 g/mol. The van der Waals surface area contributed by atoms with E-state index in [0.29, 0.717) is 23.8 Å². The van der Waals surface area contributed by atoms with Crippen LogP contribution in [0.15, 0.2) is 30.5 Å². The summed E-state index contributed by atoms with van der Waals surface area (Å²) in [6.45, 7) is 0.295. The number of benzene rings is 1. The zero-order chi connectivity index (χ0) is 12.5. The van der Waals surface area contributed by atoms with E-state index >= 15 is 0 Å². The number of ether oxygens (including phenoxy) is 2. The highest BCUT2D eigenvalue weighted by molar-refractivity contribution is 5.40. The molecule has 1 aliphatic rings. The van der Waals surface area contributed by atoms with Crippen LogP contribution in [0.3, 0.4) is 0 Å². The quantitative estimate of drug-likeness (QED) is 0.845. The third kappa shape index (κ3) is 1.80. The van der Waals surface area contributed by atoms with Crippen LogP contribution in [0.25, 0.3) is 0 Å². The molecule has 0 aliphatic carbocycles. The van der Waals surface area contributed by atoms with Gasteiger partial charge in [-0.1, -0.05) is 17.3 Å². The Kier molecular flexibility index (Phi) is 2.64. The third-order valence-electron chi connectivity index (χ3n) is 2.94. The average Bonchev–Trinajstić information content (AvgIpc) is 2.83. The van der Waals surface area contributed by atoms with Gasteiger partial charge in [-0.25, -0.2) is 4.68 Å². The van der Waals surface area contributed by atoms with E-state index in [1.54, 1.807) is 7.05 Å². The second kappa shape index (κ2) is 4.30. The van der Waals surface area contributed by atoms with Gasteiger partial charge in [0.15, 0.2) is 17.6 Å². The van der Waals surface area contributed by atoms with Crippen LogP contribution in [-0.4, -0.2) is 32.8 Å². The highest BCUT2D eigenvalue weighted by atomic mass is 16.6. The third-order valence-corrected chi connectivity index (χ3v) is 2.94. The molecule has 6 nitrogen and oxygen atoms in total. The summed E-state index contributed by atoms with van der Waals surface area (Å²) in [7, 11) is 1.73. The molecule has 1 aromatic carbocycles. The summed E-state index contributed by atoms with van der Waals surface area (Å²) in [4.78, 5) is 0. The number of aryl methyl sites for hydroxylation is 1. The summed E-state index contributed by atoms with van der Waals surface area (Å²) in [6.07, 6.45) is 0.240. The van der Waals surface area contributed by atoms with Gasteiger partial charge >= 0.3 is 0 Å². The summed E-state index contributed by atoms with van der Waals surface area (Å²) in [5.74, 6) is 1.34. The number of para-hydroxylation sites is 2. The van der Waals surface area contributed by atoms with Gasteiger partial charge in [0.05, 0.1) is 11.9 Å². The molecule has 2 aromatic rings. The Labute approximate surface area is 104 Å². The highest BCUT2D eigenvalue weighted by Gasteiger charge is 2.30. The molecule has 0 bridgehead atoms. The van der Waals surface area contributed by atoms with Crippen LogP contribution in [-0.2, 0) is 7.05 Å². The Morgan fingerprint density at radius 3 is 2.89 bits per heavy atom. The molecule has 0 saturated carbocycles. The molecule has 1 aliphatic heterocycles. The van der Waals surface area contributed by atoms with E-state index in [0.717, 1.165) is 0 Å². The molecule has 2 atom stereocenters. The van der Waals surface area contributed by atoms with Crippen LogP contribution in [0.5, 0.6) is 11.5 Å². The summed E-state index contributed by atoms with van der Waals surface area (Å²) in [5.41, 5.74) is 0.600. The first kappa shape index (κ1) is 11.0. The molecule has 0 spiro atoms. The van der Waals surface area contributed by atoms with Gasteiger partial charge in [-0.2, -0.15) is 0 Å². The molecule has 0 saturated heterocycles. The Morgan fingerprint density at radius 1 is 1.39 bits per heavy atom. The molecule has 1 N–H and O–H groups in total. The highest BCUT2D eigenvalue weighted by Crippen LogP contribution is 2.33. The lowest BCUT2D eigenvalue weighted by atomic mass is 10.1. The van der Waals surface area contributed by atoms with Crippen molar-refractivity contribution >= 4 is 0 Å². The predicted octanol–water partition coefficient (Wildman–Crippen LogP) is 0.688. The minimum Gasteiger partial charge on any atom is -0.486 e. The van der Waals surface area contributed by atoms with Crippen molar-refractivity contribution in [2.24, 2.45) is 7.05 Å². The van der Waals surface area contributed by atoms with E-state index in [1.807, 2.05) is 24.3 Å². The maximum Gasteiger partial charge on any atom is 0.164 e. The standard InChI is InChI=1S/C12H13N3O3/c1-15-8(6-13-14-15)12(16)11-7-17-9-4-2-3-5-10(9)18-11/h2-6,11-12,16H,7H2,1H3. The fourth-order valence-electron chi connectivity index (χ4n) is 1.95. The second-order valence-electron chi connectivity index (χ2n) is 4.14. The lowest BCUT2D eigenvalue weighted by molar-refractivity contribution is -0.0149. The van der Waals surface area contributed by atoms with Gasteiger partial charge in [0.2, 0.25) is 0 Å². The Bertz CT molecular complexity index is 555. The van der Waals surface area contributed by atoms with Crippen molar-refractivity contribution in [3.05, 3.63) is 36.2 Å². The zero-order valence-corrected chi connectivity index (χ0v) is 9.85. The molecule has 1 aromatic heterocycles. The van der Waals surface area contributed by atoms with Crippen molar-refractivity contribution in [3.63, 3.8) is 0 Å². The van der Waals surface area contributed by atoms with E-state index in [1.165, 1.54) is 10.9 Å². The first-order valence-corrected chi connectivity index (χ1v) is 5.67. The van der Waals surface area contributed by atoms with Crippen molar-refractivity contribution in [3.8, 4) is 11.5 Å². The maximum atomic E-state index is 10.2. The lowest BCUT2D eigenvalue weighted by Crippen LogP contribution is -2.35. The molecule has 0 fully saturated rings. The summed E-state index contributed by atoms with van der Waals surface area (Å²) >= 11 is 0. The largest absolute Gasteiger partial charge is 0.486 e. The Balaban J connectivity index is 1.82. The van der Waals surface area contributed by atoms with E-state index in [2.05, 4.69) is 10.3 Å². The Morgan fingerprint density at radius 2 is 2.17 bits per heavy atom. The topological polar surface area (TPSA) is 69.4 Å². The van der Waals surface area contributed by atoms with Gasteiger partial charge < -0.3 is 14.6 Å². The smallest absolute Gasteiger partial charge is 0.164 e. The summed E-state index contributed by atoms with van der Waals surface area (Å²) in [6, 6.07) is 7.39. The molecule has 0 amide bonds. The SMILES string of the molecule is Cn1nncc1C(O)C1COc2ccccc2O1. The molecule has 3 rings (SSSR count). The van der Waals surface area contributed by atoms with Crippen LogP contribution in [0.2, 0.25) is 0 Å². The number of aliphatic hydroxyl groups is 1. The molecular weight excluding hydrogens is 234 g/mol. The van der Waals surface area contributed by atoms with E-state index < -0.39 is 12.2 Å². The van der Waals surface area contributed by atoms with Crippen LogP contribution >= 0.6 is 0 Å². The summed E-state index contributed by atoms with van der Waals surface area (Å²) in [5, 5.41) is 17.8. The van der Waals surface area contributed by atoms with Crippen molar-refractivity contribution in [1.82, 2.24) is 15.0 Å². The molecule has 6 heteroatoms. The van der Waals surface area contributed by atoms with Crippen LogP contribution in [0.1, 0.15) is 11.8 Å². The van der Waals surface area contributed by atoms with E-state index in [9.17, 15) is 5.11 Å². The molecular formula is C12H13N3O3. The van der Waals surface area contributed by atoms with Crippen LogP contribution in [0, 0.1) is 0 Å². The molecule has 0 radical (unpaired) electrons. The number of rotatable bonds is 2. The number of aromatic nitrogens is 3. The summed E-state index contributed by atoms with van der Waals surface area (Å²) < 4.78 is 12.8. The van der Waals surface area contributed by atoms with E-state index in [4.69, 9.17) is 9.47 Å². The number of aliphatic hydroxyl groups excluding tert-OH is 1. The average molecular weight is 247 g/mol. The second-order valence-corrected chi connectivity index (χ2v) is 4.14. The first-order valence-electron chi connectivity index (χ1n) is 5.67. The van der Waals surface area contributed by atoms with E-state index in [-0.39, 0.29) is 0 Å². The molecule has 94 valence electrons. The fraction of sp³-hybridized carbons (Fsp3) is 0.333. The molecule has 2 unspecified atom stereocenters. The fourth-order valence-corrected chi connectivity index (χ4v) is 1.95. The van der Waals surface area contributed by atoms with Crippen LogP contribution < -0.4 is 9.47 Å². The van der Waals surface area contributed by atoms with Gasteiger partial charge in [-0.15, -0.1) is 5.10 Å². The van der Waals surface area contributed by atoms with Gasteiger partial charge in [0, 0.05) is 7.05 Å². The normalized spacial score (nSPS) is 19.6. The zero-order valence-electron chi connectivity index (χ0n) is 9.85. The van der Waals surface area contributed by atoms with Gasteiger partial charge in [0.25, 0.3) is 0 Å². The van der Waals surface area contributed by atoms with Crippen molar-refractivity contribution < 1.29 is 14.6 Å². The number of fused-ring (bicyclic) bond motifs is 1. The number of hydrogen-bond acceptors (Lipinski definition) is 5. The van der Waals surface area contributed by atoms with Crippen molar-refractivity contribution in [1.29, 1.82) is 0 Å². The van der Waals surface area contributed by atoms with Crippen LogP contribution in [0.4, 0.5) is 0 Å². The molecule has 18 heavy (non-hydrogen) atoms. The van der Waals surface area contributed by atoms with Crippen molar-refractivity contribution in [2.45, 2.75) is 12.2 Å². The van der Waals surface area contributed by atoms with Crippen molar-refractivity contribution in [2.75, 3.05) is 6.61 Å².